The number of fused-ring (bicyclic) bond motifs is 2. The molecule has 6 heteroatoms. The number of hydrogen-bond acceptors (Lipinski definition) is 4. The molecule has 0 bridgehead atoms. The van der Waals surface area contributed by atoms with Crippen molar-refractivity contribution in [3.05, 3.63) is 57.0 Å². The Hall–Kier alpha value is -1.85. The van der Waals surface area contributed by atoms with Crippen LogP contribution in [0.1, 0.15) is 24.1 Å². The van der Waals surface area contributed by atoms with Gasteiger partial charge in [0.25, 0.3) is 5.56 Å². The highest BCUT2D eigenvalue weighted by molar-refractivity contribution is 7.98. The second kappa shape index (κ2) is 6.22. The van der Waals surface area contributed by atoms with E-state index in [4.69, 9.17) is 11.6 Å². The fraction of sp³-hybridized carbons (Fsp3) is 0.278. The standard InChI is InChI=1S/C18H16ClN3OS/c1-24-18-21-16-14(9-11-5-2-3-8-15(11)20-16)17(23)22(18)13-7-4-6-12(19)10-13/h4,6-7,9-10H,2-3,5,8H2,1H3. The highest BCUT2D eigenvalue weighted by atomic mass is 35.5. The van der Waals surface area contributed by atoms with Crippen molar-refractivity contribution in [2.45, 2.75) is 30.8 Å². The van der Waals surface area contributed by atoms with Crippen LogP contribution >= 0.6 is 23.4 Å². The van der Waals surface area contributed by atoms with E-state index in [0.717, 1.165) is 37.1 Å². The maximum absolute atomic E-state index is 13.1. The summed E-state index contributed by atoms with van der Waals surface area (Å²) in [6.07, 6.45) is 6.17. The molecule has 0 amide bonds. The molecule has 122 valence electrons. The third-order valence-corrected chi connectivity index (χ3v) is 5.23. The molecule has 0 radical (unpaired) electrons. The molecule has 0 saturated carbocycles. The molecule has 4 rings (SSSR count). The first-order chi connectivity index (χ1) is 11.7. The van der Waals surface area contributed by atoms with Crippen molar-refractivity contribution >= 4 is 34.4 Å². The SMILES string of the molecule is CSc1nc2nc3c(cc2c(=O)n1-c1cccc(Cl)c1)CCCC3. The van der Waals surface area contributed by atoms with E-state index >= 15 is 0 Å². The van der Waals surface area contributed by atoms with Crippen molar-refractivity contribution in [3.63, 3.8) is 0 Å². The lowest BCUT2D eigenvalue weighted by Gasteiger charge is -2.16. The van der Waals surface area contributed by atoms with Gasteiger partial charge >= 0.3 is 0 Å². The summed E-state index contributed by atoms with van der Waals surface area (Å²) in [5.74, 6) is 0. The molecule has 24 heavy (non-hydrogen) atoms. The summed E-state index contributed by atoms with van der Waals surface area (Å²) in [5.41, 5.74) is 3.45. The van der Waals surface area contributed by atoms with Gasteiger partial charge < -0.3 is 0 Å². The van der Waals surface area contributed by atoms with Crippen LogP contribution in [0.25, 0.3) is 16.7 Å². The predicted molar refractivity (Wildman–Crippen MR) is 98.6 cm³/mol. The zero-order chi connectivity index (χ0) is 16.7. The quantitative estimate of drug-likeness (QED) is 0.513. The van der Waals surface area contributed by atoms with Crippen LogP contribution in [0.5, 0.6) is 0 Å². The first-order valence-electron chi connectivity index (χ1n) is 7.93. The van der Waals surface area contributed by atoms with Crippen LogP contribution in [0.2, 0.25) is 5.02 Å². The third kappa shape index (κ3) is 2.62. The molecule has 1 aliphatic carbocycles. The van der Waals surface area contributed by atoms with Crippen molar-refractivity contribution in [2.24, 2.45) is 0 Å². The fourth-order valence-electron chi connectivity index (χ4n) is 3.19. The molecule has 1 aliphatic rings. The van der Waals surface area contributed by atoms with Crippen molar-refractivity contribution in [3.8, 4) is 5.69 Å². The van der Waals surface area contributed by atoms with Crippen molar-refractivity contribution in [1.29, 1.82) is 0 Å². The van der Waals surface area contributed by atoms with Crippen LogP contribution in [-0.4, -0.2) is 20.8 Å². The number of aromatic nitrogens is 3. The number of nitrogens with zero attached hydrogens (tertiary/aromatic N) is 3. The van der Waals surface area contributed by atoms with E-state index in [9.17, 15) is 4.79 Å². The molecular weight excluding hydrogens is 342 g/mol. The second-order valence-electron chi connectivity index (χ2n) is 5.89. The van der Waals surface area contributed by atoms with E-state index in [1.807, 2.05) is 24.5 Å². The Morgan fingerprint density at radius 3 is 2.79 bits per heavy atom. The van der Waals surface area contributed by atoms with E-state index < -0.39 is 0 Å². The highest BCUT2D eigenvalue weighted by Crippen LogP contribution is 2.25. The molecule has 4 nitrogen and oxygen atoms in total. The van der Waals surface area contributed by atoms with Crippen LogP contribution in [-0.2, 0) is 12.8 Å². The van der Waals surface area contributed by atoms with Crippen molar-refractivity contribution in [1.82, 2.24) is 14.5 Å². The monoisotopic (exact) mass is 357 g/mol. The lowest BCUT2D eigenvalue weighted by molar-refractivity contribution is 0.669. The molecule has 0 N–H and O–H groups in total. The smallest absolute Gasteiger partial charge is 0.268 e. The molecule has 0 atom stereocenters. The topological polar surface area (TPSA) is 47.8 Å². The first-order valence-corrected chi connectivity index (χ1v) is 9.53. The number of thioether (sulfide) groups is 1. The summed E-state index contributed by atoms with van der Waals surface area (Å²) in [5, 5.41) is 1.79. The molecule has 3 aromatic rings. The third-order valence-electron chi connectivity index (χ3n) is 4.36. The molecule has 2 aromatic heterocycles. The van der Waals surface area contributed by atoms with Crippen molar-refractivity contribution < 1.29 is 0 Å². The summed E-state index contributed by atoms with van der Waals surface area (Å²) in [6.45, 7) is 0. The number of halogens is 1. The van der Waals surface area contributed by atoms with Crippen LogP contribution in [0.4, 0.5) is 0 Å². The normalized spacial score (nSPS) is 13.9. The lowest BCUT2D eigenvalue weighted by Crippen LogP contribution is -2.23. The van der Waals surface area contributed by atoms with Gasteiger partial charge in [0.1, 0.15) is 0 Å². The van der Waals surface area contributed by atoms with Gasteiger partial charge in [0.2, 0.25) is 0 Å². The molecule has 0 fully saturated rings. The van der Waals surface area contributed by atoms with E-state index in [2.05, 4.69) is 9.97 Å². The zero-order valence-corrected chi connectivity index (χ0v) is 14.8. The highest BCUT2D eigenvalue weighted by Gasteiger charge is 2.18. The van der Waals surface area contributed by atoms with Crippen LogP contribution in [0, 0.1) is 0 Å². The van der Waals surface area contributed by atoms with Gasteiger partial charge in [-0.15, -0.1) is 0 Å². The minimum absolute atomic E-state index is 0.0903. The van der Waals surface area contributed by atoms with Crippen LogP contribution in [0.3, 0.4) is 0 Å². The van der Waals surface area contributed by atoms with E-state index in [-0.39, 0.29) is 5.56 Å². The van der Waals surface area contributed by atoms with Gasteiger partial charge in [-0.3, -0.25) is 9.36 Å². The zero-order valence-electron chi connectivity index (χ0n) is 13.3. The van der Waals surface area contributed by atoms with Gasteiger partial charge in [-0.2, -0.15) is 0 Å². The summed E-state index contributed by atoms with van der Waals surface area (Å²) in [4.78, 5) is 22.4. The molecule has 0 unspecified atom stereocenters. The number of aryl methyl sites for hydroxylation is 2. The number of pyridine rings is 1. The predicted octanol–water partition coefficient (Wildman–Crippen LogP) is 4.03. The van der Waals surface area contributed by atoms with Gasteiger partial charge in [-0.1, -0.05) is 29.4 Å². The average Bonchev–Trinajstić information content (AvgIpc) is 2.60. The van der Waals surface area contributed by atoms with Gasteiger partial charge in [-0.05, 0) is 61.8 Å². The Morgan fingerprint density at radius 2 is 2.00 bits per heavy atom. The van der Waals surface area contributed by atoms with Gasteiger partial charge in [-0.25, -0.2) is 9.97 Å². The maximum atomic E-state index is 13.1. The molecule has 0 saturated heterocycles. The molecule has 1 aromatic carbocycles. The minimum atomic E-state index is -0.0903. The Bertz CT molecular complexity index is 999. The second-order valence-corrected chi connectivity index (χ2v) is 7.10. The Balaban J connectivity index is 2.03. The van der Waals surface area contributed by atoms with Gasteiger partial charge in [0, 0.05) is 10.7 Å². The van der Waals surface area contributed by atoms with Gasteiger partial charge in [0.05, 0.1) is 11.1 Å². The molecular formula is C18H16ClN3OS. The fourth-order valence-corrected chi connectivity index (χ4v) is 3.93. The largest absolute Gasteiger partial charge is 0.268 e. The van der Waals surface area contributed by atoms with E-state index in [1.165, 1.54) is 17.3 Å². The van der Waals surface area contributed by atoms with E-state index in [1.54, 1.807) is 16.7 Å². The first kappa shape index (κ1) is 15.7. The number of benzene rings is 1. The average molecular weight is 358 g/mol. The van der Waals surface area contributed by atoms with Crippen LogP contribution in [0.15, 0.2) is 40.3 Å². The lowest BCUT2D eigenvalue weighted by atomic mass is 9.95. The number of hydrogen-bond donors (Lipinski definition) is 0. The molecule has 0 aliphatic heterocycles. The summed E-state index contributed by atoms with van der Waals surface area (Å²) >= 11 is 7.53. The summed E-state index contributed by atoms with van der Waals surface area (Å²) < 4.78 is 1.62. The van der Waals surface area contributed by atoms with Gasteiger partial charge in [0.15, 0.2) is 10.8 Å². The van der Waals surface area contributed by atoms with E-state index in [0.29, 0.717) is 21.2 Å². The number of rotatable bonds is 2. The van der Waals surface area contributed by atoms with Crippen LogP contribution < -0.4 is 5.56 Å². The van der Waals surface area contributed by atoms with Crippen molar-refractivity contribution in [2.75, 3.05) is 6.26 Å². The Morgan fingerprint density at radius 1 is 1.17 bits per heavy atom. The summed E-state index contributed by atoms with van der Waals surface area (Å²) in [6, 6.07) is 9.26. The minimum Gasteiger partial charge on any atom is -0.268 e. The summed E-state index contributed by atoms with van der Waals surface area (Å²) in [7, 11) is 0. The Kier molecular flexibility index (Phi) is 4.06. The molecule has 2 heterocycles. The Labute approximate surface area is 148 Å². The maximum Gasteiger partial charge on any atom is 0.268 e. The molecule has 0 spiro atoms.